The lowest BCUT2D eigenvalue weighted by Crippen LogP contribution is -2.55. The van der Waals surface area contributed by atoms with Gasteiger partial charge in [0.2, 0.25) is 11.8 Å². The Balaban J connectivity index is 4.92. The van der Waals surface area contributed by atoms with Crippen LogP contribution in [0.3, 0.4) is 0 Å². The number of carbonyl (C=O) groups is 3. The summed E-state index contributed by atoms with van der Waals surface area (Å²) in [5, 5.41) is 14.4. The fourth-order valence-electron chi connectivity index (χ4n) is 2.18. The zero-order valence-electron chi connectivity index (χ0n) is 15.3. The normalized spacial score (nSPS) is 14.6. The van der Waals surface area contributed by atoms with Gasteiger partial charge in [-0.15, -0.1) is 0 Å². The molecule has 25 heavy (non-hydrogen) atoms. The number of hydrogen-bond acceptors (Lipinski definition) is 6. The van der Waals surface area contributed by atoms with Crippen molar-refractivity contribution in [3.8, 4) is 0 Å². The van der Waals surface area contributed by atoms with Crippen molar-refractivity contribution in [1.29, 1.82) is 0 Å². The molecule has 0 fully saturated rings. The molecule has 0 aliphatic carbocycles. The maximum atomic E-state index is 12.5. The van der Waals surface area contributed by atoms with Gasteiger partial charge in [-0.25, -0.2) is 4.79 Å². The lowest BCUT2D eigenvalue weighted by Gasteiger charge is -2.24. The second kappa shape index (κ2) is 13.0. The van der Waals surface area contributed by atoms with Gasteiger partial charge in [-0.1, -0.05) is 13.8 Å². The Bertz CT molecular complexity index is 434. The number of nitrogens with two attached hydrogens (primary N) is 2. The van der Waals surface area contributed by atoms with E-state index in [0.29, 0.717) is 32.2 Å². The van der Waals surface area contributed by atoms with Gasteiger partial charge in [-0.3, -0.25) is 9.59 Å². The van der Waals surface area contributed by atoms with Crippen molar-refractivity contribution >= 4 is 29.5 Å². The van der Waals surface area contributed by atoms with Gasteiger partial charge in [0.25, 0.3) is 0 Å². The van der Waals surface area contributed by atoms with Crippen molar-refractivity contribution in [2.45, 2.75) is 57.7 Å². The quantitative estimate of drug-likeness (QED) is 0.282. The summed E-state index contributed by atoms with van der Waals surface area (Å²) in [6.07, 6.45) is 4.17. The third kappa shape index (κ3) is 9.66. The number of carbonyl (C=O) groups excluding carboxylic acids is 2. The number of nitrogens with one attached hydrogen (secondary N) is 2. The molecule has 0 heterocycles. The van der Waals surface area contributed by atoms with E-state index < -0.39 is 35.9 Å². The topological polar surface area (TPSA) is 148 Å². The molecule has 0 aromatic heterocycles. The summed E-state index contributed by atoms with van der Waals surface area (Å²) in [5.74, 6) is -1.55. The highest BCUT2D eigenvalue weighted by Crippen LogP contribution is 2.07. The minimum atomic E-state index is -1.10. The van der Waals surface area contributed by atoms with Gasteiger partial charge in [0.15, 0.2) is 0 Å². The van der Waals surface area contributed by atoms with Crippen LogP contribution < -0.4 is 22.1 Å². The minimum absolute atomic E-state index is 0.273. The predicted molar refractivity (Wildman–Crippen MR) is 100 cm³/mol. The van der Waals surface area contributed by atoms with Gasteiger partial charge >= 0.3 is 5.97 Å². The second-order valence-electron chi connectivity index (χ2n) is 6.30. The largest absolute Gasteiger partial charge is 0.480 e. The van der Waals surface area contributed by atoms with Crippen molar-refractivity contribution in [3.63, 3.8) is 0 Å². The molecule has 0 unspecified atom stereocenters. The van der Waals surface area contributed by atoms with Crippen LogP contribution in [0, 0.1) is 5.92 Å². The Kier molecular flexibility index (Phi) is 12.3. The zero-order valence-corrected chi connectivity index (χ0v) is 16.1. The fraction of sp³-hybridized carbons (Fsp3) is 0.812. The number of rotatable bonds is 13. The molecule has 0 saturated carbocycles. The van der Waals surface area contributed by atoms with E-state index in [-0.39, 0.29) is 5.92 Å². The summed E-state index contributed by atoms with van der Waals surface area (Å²) in [7, 11) is 0. The molecule has 146 valence electrons. The molecule has 0 aromatic carbocycles. The lowest BCUT2D eigenvalue weighted by molar-refractivity contribution is -0.143. The van der Waals surface area contributed by atoms with Crippen LogP contribution in [0.1, 0.15) is 39.5 Å². The third-order valence-corrected chi connectivity index (χ3v) is 4.42. The molecule has 2 amide bonds. The average molecular weight is 377 g/mol. The number of thioether (sulfide) groups is 1. The first kappa shape index (κ1) is 23.7. The summed E-state index contributed by atoms with van der Waals surface area (Å²) in [6, 6.07) is -2.52. The molecule has 0 aromatic rings. The standard InChI is InChI=1S/C16H32N4O4S/c1-10(2)13(16(23)24)20-15(22)12(6-4-5-8-17)19-14(21)11(18)7-9-25-3/h10-13H,4-9,17-18H2,1-3H3,(H,19,21)(H,20,22)(H,23,24)/t11-,12-,13-/m0/s1. The molecular formula is C16H32N4O4S. The summed E-state index contributed by atoms with van der Waals surface area (Å²) in [5.41, 5.74) is 11.3. The van der Waals surface area contributed by atoms with Crippen LogP contribution in [0.4, 0.5) is 0 Å². The highest BCUT2D eigenvalue weighted by molar-refractivity contribution is 7.98. The third-order valence-electron chi connectivity index (χ3n) is 3.78. The van der Waals surface area contributed by atoms with Gasteiger partial charge < -0.3 is 27.2 Å². The number of unbranched alkanes of at least 4 members (excludes halogenated alkanes) is 1. The van der Waals surface area contributed by atoms with Crippen LogP contribution in [0.15, 0.2) is 0 Å². The number of hydrogen-bond donors (Lipinski definition) is 5. The molecule has 0 spiro atoms. The molecule has 0 rings (SSSR count). The van der Waals surface area contributed by atoms with Crippen molar-refractivity contribution in [3.05, 3.63) is 0 Å². The second-order valence-corrected chi connectivity index (χ2v) is 7.29. The van der Waals surface area contributed by atoms with E-state index in [9.17, 15) is 19.5 Å². The molecule has 0 radical (unpaired) electrons. The predicted octanol–water partition coefficient (Wildman–Crippen LogP) is -0.0940. The lowest BCUT2D eigenvalue weighted by atomic mass is 10.0. The van der Waals surface area contributed by atoms with Crippen molar-refractivity contribution in [1.82, 2.24) is 10.6 Å². The molecule has 0 saturated heterocycles. The van der Waals surface area contributed by atoms with E-state index in [1.165, 1.54) is 0 Å². The Morgan fingerprint density at radius 3 is 2.20 bits per heavy atom. The highest BCUT2D eigenvalue weighted by atomic mass is 32.2. The molecule has 0 aliphatic heterocycles. The van der Waals surface area contributed by atoms with Gasteiger partial charge in [0, 0.05) is 0 Å². The summed E-state index contributed by atoms with van der Waals surface area (Å²) >= 11 is 1.59. The van der Waals surface area contributed by atoms with Crippen molar-refractivity contribution in [2.75, 3.05) is 18.6 Å². The minimum Gasteiger partial charge on any atom is -0.480 e. The SMILES string of the molecule is CSCC[C@H](N)C(=O)N[C@@H](CCCCN)C(=O)N[C@H](C(=O)O)C(C)C. The zero-order chi connectivity index (χ0) is 19.4. The van der Waals surface area contributed by atoms with Gasteiger partial charge in [0.1, 0.15) is 12.1 Å². The summed E-state index contributed by atoms with van der Waals surface area (Å²) in [6.45, 7) is 3.90. The number of carboxylic acids is 1. The molecule has 8 nitrogen and oxygen atoms in total. The molecular weight excluding hydrogens is 344 g/mol. The van der Waals surface area contributed by atoms with Gasteiger partial charge in [0.05, 0.1) is 6.04 Å². The van der Waals surface area contributed by atoms with E-state index in [4.69, 9.17) is 11.5 Å². The van der Waals surface area contributed by atoms with E-state index in [1.54, 1.807) is 25.6 Å². The first-order valence-electron chi connectivity index (χ1n) is 8.52. The number of amides is 2. The first-order valence-corrected chi connectivity index (χ1v) is 9.92. The van der Waals surface area contributed by atoms with Crippen LogP contribution in [0.25, 0.3) is 0 Å². The number of carboxylic acid groups (broad SMARTS) is 1. The first-order chi connectivity index (χ1) is 11.7. The monoisotopic (exact) mass is 376 g/mol. The summed E-state index contributed by atoms with van der Waals surface area (Å²) in [4.78, 5) is 35.9. The van der Waals surface area contributed by atoms with Crippen LogP contribution in [0.5, 0.6) is 0 Å². The molecule has 0 bridgehead atoms. The highest BCUT2D eigenvalue weighted by Gasteiger charge is 2.29. The van der Waals surface area contributed by atoms with Crippen LogP contribution in [-0.4, -0.2) is 59.6 Å². The Morgan fingerprint density at radius 2 is 1.72 bits per heavy atom. The van der Waals surface area contributed by atoms with Gasteiger partial charge in [-0.05, 0) is 50.2 Å². The number of aliphatic carboxylic acids is 1. The van der Waals surface area contributed by atoms with E-state index in [2.05, 4.69) is 10.6 Å². The van der Waals surface area contributed by atoms with Crippen molar-refractivity contribution < 1.29 is 19.5 Å². The molecule has 0 aliphatic rings. The Morgan fingerprint density at radius 1 is 1.08 bits per heavy atom. The maximum Gasteiger partial charge on any atom is 0.326 e. The Hall–Kier alpha value is -1.32. The molecule has 3 atom stereocenters. The van der Waals surface area contributed by atoms with Gasteiger partial charge in [-0.2, -0.15) is 11.8 Å². The fourth-order valence-corrected chi connectivity index (χ4v) is 2.67. The maximum absolute atomic E-state index is 12.5. The Labute approximate surface area is 153 Å². The van der Waals surface area contributed by atoms with Crippen LogP contribution in [0.2, 0.25) is 0 Å². The van der Waals surface area contributed by atoms with E-state index in [1.807, 2.05) is 6.26 Å². The van der Waals surface area contributed by atoms with Crippen LogP contribution >= 0.6 is 11.8 Å². The smallest absolute Gasteiger partial charge is 0.326 e. The van der Waals surface area contributed by atoms with Crippen molar-refractivity contribution in [2.24, 2.45) is 17.4 Å². The molecule has 7 N–H and O–H groups in total. The van der Waals surface area contributed by atoms with E-state index in [0.717, 1.165) is 5.75 Å². The average Bonchev–Trinajstić information content (AvgIpc) is 2.55. The summed E-state index contributed by atoms with van der Waals surface area (Å²) < 4.78 is 0. The van der Waals surface area contributed by atoms with E-state index >= 15 is 0 Å². The van der Waals surface area contributed by atoms with Crippen LogP contribution in [-0.2, 0) is 14.4 Å². The molecule has 9 heteroatoms.